The van der Waals surface area contributed by atoms with E-state index in [2.05, 4.69) is 28.2 Å². The van der Waals surface area contributed by atoms with Gasteiger partial charge < -0.3 is 15.0 Å². The van der Waals surface area contributed by atoms with E-state index in [1.54, 1.807) is 25.1 Å². The molecule has 2 atom stereocenters. The standard InChI is InChI=1S/C24H29BrCl2N2O3/c1-5-15(3)28-24(31)16(4)29(13-18-8-9-19(26)12-21(18)27)23(30)14-32-22-10-7-17(6-2)11-20(22)25/h7-12,15-16H,5-6,13-14H2,1-4H3,(H,28,31)/t15-,16+/m1/s1. The lowest BCUT2D eigenvalue weighted by Crippen LogP contribution is -2.50. The van der Waals surface area contributed by atoms with Gasteiger partial charge in [0.1, 0.15) is 11.8 Å². The highest BCUT2D eigenvalue weighted by Gasteiger charge is 2.28. The number of aryl methyl sites for hydroxylation is 1. The Morgan fingerprint density at radius 1 is 1.12 bits per heavy atom. The summed E-state index contributed by atoms with van der Waals surface area (Å²) in [5.41, 5.74) is 1.85. The maximum absolute atomic E-state index is 13.2. The van der Waals surface area contributed by atoms with E-state index in [0.29, 0.717) is 21.4 Å². The van der Waals surface area contributed by atoms with Gasteiger partial charge in [-0.15, -0.1) is 0 Å². The highest BCUT2D eigenvalue weighted by molar-refractivity contribution is 9.10. The molecule has 0 aliphatic heterocycles. The van der Waals surface area contributed by atoms with Crippen LogP contribution in [0.15, 0.2) is 40.9 Å². The molecule has 0 heterocycles. The summed E-state index contributed by atoms with van der Waals surface area (Å²) in [6.45, 7) is 7.62. The molecule has 8 heteroatoms. The molecule has 32 heavy (non-hydrogen) atoms. The molecule has 2 aromatic rings. The molecule has 0 aliphatic carbocycles. The number of hydrogen-bond acceptors (Lipinski definition) is 3. The molecule has 0 radical (unpaired) electrons. The van der Waals surface area contributed by atoms with Crippen molar-refractivity contribution < 1.29 is 14.3 Å². The summed E-state index contributed by atoms with van der Waals surface area (Å²) in [5.74, 6) is 0.0114. The van der Waals surface area contributed by atoms with Crippen LogP contribution in [0.5, 0.6) is 5.75 Å². The zero-order valence-corrected chi connectivity index (χ0v) is 21.9. The normalized spacial score (nSPS) is 12.7. The minimum atomic E-state index is -0.710. The van der Waals surface area contributed by atoms with Crippen molar-refractivity contribution in [2.75, 3.05) is 6.61 Å². The molecule has 0 fully saturated rings. The summed E-state index contributed by atoms with van der Waals surface area (Å²) in [6, 6.07) is 10.1. The fraction of sp³-hybridized carbons (Fsp3) is 0.417. The van der Waals surface area contributed by atoms with Gasteiger partial charge >= 0.3 is 0 Å². The number of ether oxygens (including phenoxy) is 1. The minimum absolute atomic E-state index is 0.00491. The lowest BCUT2D eigenvalue weighted by Gasteiger charge is -2.30. The lowest BCUT2D eigenvalue weighted by atomic mass is 10.1. The van der Waals surface area contributed by atoms with Crippen molar-refractivity contribution in [3.8, 4) is 5.75 Å². The van der Waals surface area contributed by atoms with E-state index in [1.165, 1.54) is 4.90 Å². The summed E-state index contributed by atoms with van der Waals surface area (Å²) in [5, 5.41) is 3.87. The Morgan fingerprint density at radius 2 is 1.84 bits per heavy atom. The van der Waals surface area contributed by atoms with Crippen molar-refractivity contribution in [1.82, 2.24) is 10.2 Å². The van der Waals surface area contributed by atoms with Gasteiger partial charge in [0.05, 0.1) is 4.47 Å². The van der Waals surface area contributed by atoms with Gasteiger partial charge in [0.15, 0.2) is 6.61 Å². The summed E-state index contributed by atoms with van der Waals surface area (Å²) in [6.07, 6.45) is 1.69. The molecule has 174 valence electrons. The van der Waals surface area contributed by atoms with Gasteiger partial charge in [0, 0.05) is 22.6 Å². The van der Waals surface area contributed by atoms with Crippen LogP contribution in [0.4, 0.5) is 0 Å². The maximum atomic E-state index is 13.2. The Kier molecular flexibility index (Phi) is 10.3. The van der Waals surface area contributed by atoms with Gasteiger partial charge in [-0.3, -0.25) is 9.59 Å². The first kappa shape index (κ1) is 26.5. The third-order valence-corrected chi connectivity index (χ3v) is 6.49. The predicted molar refractivity (Wildman–Crippen MR) is 133 cm³/mol. The van der Waals surface area contributed by atoms with E-state index in [1.807, 2.05) is 32.0 Å². The van der Waals surface area contributed by atoms with Gasteiger partial charge in [-0.1, -0.05) is 49.2 Å². The van der Waals surface area contributed by atoms with Crippen molar-refractivity contribution in [1.29, 1.82) is 0 Å². The maximum Gasteiger partial charge on any atom is 0.261 e. The number of amides is 2. The van der Waals surface area contributed by atoms with Gasteiger partial charge in [-0.25, -0.2) is 0 Å². The van der Waals surface area contributed by atoms with Crippen LogP contribution in [-0.2, 0) is 22.6 Å². The number of benzene rings is 2. The largest absolute Gasteiger partial charge is 0.483 e. The molecule has 2 amide bonds. The summed E-state index contributed by atoms with van der Waals surface area (Å²) in [4.78, 5) is 27.4. The van der Waals surface area contributed by atoms with Crippen LogP contribution in [0.3, 0.4) is 0 Å². The molecule has 0 aliphatic rings. The molecule has 0 bridgehead atoms. The van der Waals surface area contributed by atoms with Gasteiger partial charge in [0.2, 0.25) is 5.91 Å². The van der Waals surface area contributed by atoms with Crippen LogP contribution < -0.4 is 10.1 Å². The number of halogens is 3. The first-order valence-corrected chi connectivity index (χ1v) is 12.2. The van der Waals surface area contributed by atoms with E-state index < -0.39 is 6.04 Å². The number of nitrogens with one attached hydrogen (secondary N) is 1. The highest BCUT2D eigenvalue weighted by atomic mass is 79.9. The Balaban J connectivity index is 2.21. The van der Waals surface area contributed by atoms with E-state index in [0.717, 1.165) is 22.9 Å². The second kappa shape index (κ2) is 12.5. The van der Waals surface area contributed by atoms with E-state index in [9.17, 15) is 9.59 Å². The van der Waals surface area contributed by atoms with E-state index in [4.69, 9.17) is 27.9 Å². The molecule has 0 saturated carbocycles. The van der Waals surface area contributed by atoms with Crippen LogP contribution in [0.1, 0.15) is 45.2 Å². The van der Waals surface area contributed by atoms with Crippen LogP contribution in [0.25, 0.3) is 0 Å². The van der Waals surface area contributed by atoms with Crippen molar-refractivity contribution >= 4 is 50.9 Å². The van der Waals surface area contributed by atoms with Crippen LogP contribution in [0.2, 0.25) is 10.0 Å². The summed E-state index contributed by atoms with van der Waals surface area (Å²) in [7, 11) is 0. The molecule has 2 aromatic carbocycles. The van der Waals surface area contributed by atoms with Crippen molar-refractivity contribution in [3.63, 3.8) is 0 Å². The molecule has 1 N–H and O–H groups in total. The Morgan fingerprint density at radius 3 is 2.44 bits per heavy atom. The van der Waals surface area contributed by atoms with Gasteiger partial charge in [-0.2, -0.15) is 0 Å². The Hall–Kier alpha value is -1.76. The van der Waals surface area contributed by atoms with Crippen molar-refractivity contribution in [2.24, 2.45) is 0 Å². The minimum Gasteiger partial charge on any atom is -0.483 e. The summed E-state index contributed by atoms with van der Waals surface area (Å²) >= 11 is 15.8. The molecule has 0 aromatic heterocycles. The van der Waals surface area contributed by atoms with Crippen LogP contribution in [0, 0.1) is 0 Å². The number of nitrogens with zero attached hydrogens (tertiary/aromatic N) is 1. The number of carbonyl (C=O) groups is 2. The topological polar surface area (TPSA) is 58.6 Å². The molecule has 0 spiro atoms. The highest BCUT2D eigenvalue weighted by Crippen LogP contribution is 2.27. The SMILES string of the molecule is CCc1ccc(OCC(=O)N(Cc2ccc(Cl)cc2Cl)[C@@H](C)C(=O)N[C@H](C)CC)c(Br)c1. The van der Waals surface area contributed by atoms with Gasteiger partial charge in [-0.05, 0) is 78.0 Å². The van der Waals surface area contributed by atoms with E-state index >= 15 is 0 Å². The van der Waals surface area contributed by atoms with Crippen molar-refractivity contribution in [3.05, 3.63) is 62.0 Å². The number of hydrogen-bond donors (Lipinski definition) is 1. The second-order valence-corrected chi connectivity index (χ2v) is 9.36. The van der Waals surface area contributed by atoms with Gasteiger partial charge in [0.25, 0.3) is 5.91 Å². The molecule has 0 unspecified atom stereocenters. The third-order valence-electron chi connectivity index (χ3n) is 5.28. The predicted octanol–water partition coefficient (Wildman–Crippen LogP) is 6.03. The first-order chi connectivity index (χ1) is 15.2. The molecule has 0 saturated heterocycles. The fourth-order valence-corrected chi connectivity index (χ4v) is 3.99. The van der Waals surface area contributed by atoms with Crippen LogP contribution in [-0.4, -0.2) is 35.4 Å². The smallest absolute Gasteiger partial charge is 0.261 e. The Labute approximate surface area is 208 Å². The fourth-order valence-electron chi connectivity index (χ4n) is 2.99. The average molecular weight is 544 g/mol. The molecule has 5 nitrogen and oxygen atoms in total. The quantitative estimate of drug-likeness (QED) is 0.398. The number of carbonyl (C=O) groups excluding carboxylic acids is 2. The monoisotopic (exact) mass is 542 g/mol. The zero-order chi connectivity index (χ0) is 23.8. The lowest BCUT2D eigenvalue weighted by molar-refractivity contribution is -0.142. The third kappa shape index (κ3) is 7.39. The number of rotatable bonds is 10. The second-order valence-electron chi connectivity index (χ2n) is 7.66. The van der Waals surface area contributed by atoms with E-state index in [-0.39, 0.29) is 31.0 Å². The first-order valence-electron chi connectivity index (χ1n) is 10.6. The molecule has 2 rings (SSSR count). The Bertz CT molecular complexity index is 955. The molecular formula is C24H29BrCl2N2O3. The summed E-state index contributed by atoms with van der Waals surface area (Å²) < 4.78 is 6.55. The zero-order valence-electron chi connectivity index (χ0n) is 18.8. The molecular weight excluding hydrogens is 515 g/mol. The van der Waals surface area contributed by atoms with Crippen molar-refractivity contribution in [2.45, 2.75) is 59.2 Å². The van der Waals surface area contributed by atoms with Crippen LogP contribution >= 0.6 is 39.1 Å². The average Bonchev–Trinajstić information content (AvgIpc) is 2.76.